The summed E-state index contributed by atoms with van der Waals surface area (Å²) in [5.41, 5.74) is 3.57. The number of carbonyl (C=O) groups is 1. The zero-order chi connectivity index (χ0) is 22.4. The van der Waals surface area contributed by atoms with Crippen molar-refractivity contribution in [3.63, 3.8) is 0 Å². The molecule has 6 heteroatoms. The van der Waals surface area contributed by atoms with Crippen molar-refractivity contribution in [2.45, 2.75) is 65.1 Å². The first-order valence-corrected chi connectivity index (χ1v) is 11.7. The molecule has 0 radical (unpaired) electrons. The summed E-state index contributed by atoms with van der Waals surface area (Å²) >= 11 is 0. The van der Waals surface area contributed by atoms with Crippen molar-refractivity contribution in [3.05, 3.63) is 64.1 Å². The number of hydrogen-bond acceptors (Lipinski definition) is 4. The first kappa shape index (κ1) is 20.7. The Balaban J connectivity index is 1.67. The quantitative estimate of drug-likeness (QED) is 0.619. The normalized spacial score (nSPS) is 20.6. The molecule has 5 rings (SSSR count). The van der Waals surface area contributed by atoms with Crippen molar-refractivity contribution < 1.29 is 4.79 Å². The number of nitrogens with zero attached hydrogens (tertiary/aromatic N) is 4. The van der Waals surface area contributed by atoms with Gasteiger partial charge in [-0.05, 0) is 64.2 Å². The molecule has 1 saturated heterocycles. The minimum Gasteiger partial charge on any atom is -0.364 e. The zero-order valence-corrected chi connectivity index (χ0v) is 19.0. The van der Waals surface area contributed by atoms with Crippen LogP contribution in [-0.4, -0.2) is 34.3 Å². The number of carbonyl (C=O) groups excluding carboxylic acids is 1. The van der Waals surface area contributed by atoms with Crippen LogP contribution in [0.25, 0.3) is 10.8 Å². The standard InChI is InChI=1S/C26H30N4O2/c1-4-29-25(31)21-12-6-5-11-20(21)23(27-29)26(32)28-16-8-10-19-9-7-13-22(24(19)28)30-17(2)14-15-18(30)3/h5-7,9,11-13,17-18H,4,8,10,14-16H2,1-3H3. The Kier molecular flexibility index (Phi) is 5.24. The van der Waals surface area contributed by atoms with Gasteiger partial charge in [0.2, 0.25) is 0 Å². The number of para-hydroxylation sites is 1. The molecule has 1 aromatic heterocycles. The molecule has 0 N–H and O–H groups in total. The molecule has 0 saturated carbocycles. The molecular formula is C26H30N4O2. The smallest absolute Gasteiger partial charge is 0.279 e. The van der Waals surface area contributed by atoms with Crippen LogP contribution in [0.5, 0.6) is 0 Å². The average Bonchev–Trinajstić information content (AvgIpc) is 3.16. The molecule has 166 valence electrons. The number of fused-ring (bicyclic) bond motifs is 2. The van der Waals surface area contributed by atoms with Crippen molar-refractivity contribution in [2.24, 2.45) is 0 Å². The summed E-state index contributed by atoms with van der Waals surface area (Å²) in [5, 5.41) is 5.69. The molecule has 2 atom stereocenters. The van der Waals surface area contributed by atoms with E-state index < -0.39 is 0 Å². The lowest BCUT2D eigenvalue weighted by Gasteiger charge is -2.37. The lowest BCUT2D eigenvalue weighted by Crippen LogP contribution is -2.40. The maximum atomic E-state index is 14.0. The van der Waals surface area contributed by atoms with Gasteiger partial charge in [0, 0.05) is 30.6 Å². The summed E-state index contributed by atoms with van der Waals surface area (Å²) in [6.45, 7) is 7.49. The third-order valence-electron chi connectivity index (χ3n) is 7.04. The van der Waals surface area contributed by atoms with Gasteiger partial charge in [-0.1, -0.05) is 30.3 Å². The molecule has 1 amide bonds. The summed E-state index contributed by atoms with van der Waals surface area (Å²) in [5.74, 6) is -0.128. The lowest BCUT2D eigenvalue weighted by molar-refractivity contribution is 0.0980. The van der Waals surface area contributed by atoms with E-state index in [9.17, 15) is 9.59 Å². The number of anilines is 2. The van der Waals surface area contributed by atoms with E-state index in [2.05, 4.69) is 42.0 Å². The summed E-state index contributed by atoms with van der Waals surface area (Å²) < 4.78 is 1.40. The Morgan fingerprint density at radius 2 is 1.75 bits per heavy atom. The van der Waals surface area contributed by atoms with Crippen LogP contribution in [0.2, 0.25) is 0 Å². The Morgan fingerprint density at radius 3 is 2.47 bits per heavy atom. The largest absolute Gasteiger partial charge is 0.364 e. The molecule has 2 unspecified atom stereocenters. The van der Waals surface area contributed by atoms with Crippen molar-refractivity contribution in [1.29, 1.82) is 0 Å². The average molecular weight is 431 g/mol. The third kappa shape index (κ3) is 3.20. The van der Waals surface area contributed by atoms with Crippen LogP contribution in [0.4, 0.5) is 11.4 Å². The van der Waals surface area contributed by atoms with E-state index in [1.165, 1.54) is 10.2 Å². The van der Waals surface area contributed by atoms with Crippen LogP contribution in [0.1, 0.15) is 56.1 Å². The summed E-state index contributed by atoms with van der Waals surface area (Å²) in [4.78, 5) is 31.2. The number of amides is 1. The highest BCUT2D eigenvalue weighted by atomic mass is 16.2. The Hall–Kier alpha value is -3.15. The third-order valence-corrected chi connectivity index (χ3v) is 7.04. The molecule has 2 aromatic carbocycles. The SMILES string of the molecule is CCn1nc(C(=O)N2CCCc3cccc(N4C(C)CCC4C)c32)c2ccccc2c1=O. The van der Waals surface area contributed by atoms with Gasteiger partial charge in [-0.3, -0.25) is 9.59 Å². The highest BCUT2D eigenvalue weighted by Gasteiger charge is 2.34. The van der Waals surface area contributed by atoms with Crippen LogP contribution in [0.3, 0.4) is 0 Å². The summed E-state index contributed by atoms with van der Waals surface area (Å²) in [6, 6.07) is 14.6. The predicted octanol–water partition coefficient (Wildman–Crippen LogP) is 4.39. The second-order valence-corrected chi connectivity index (χ2v) is 9.04. The molecule has 32 heavy (non-hydrogen) atoms. The molecule has 6 nitrogen and oxygen atoms in total. The highest BCUT2D eigenvalue weighted by molar-refractivity contribution is 6.14. The van der Waals surface area contributed by atoms with Crippen LogP contribution in [0.15, 0.2) is 47.3 Å². The van der Waals surface area contributed by atoms with Gasteiger partial charge in [0.15, 0.2) is 5.69 Å². The molecule has 2 aliphatic rings. The molecular weight excluding hydrogens is 400 g/mol. The maximum Gasteiger partial charge on any atom is 0.279 e. The predicted molar refractivity (Wildman–Crippen MR) is 129 cm³/mol. The molecule has 2 aliphatic heterocycles. The van der Waals surface area contributed by atoms with E-state index >= 15 is 0 Å². The minimum absolute atomic E-state index is 0.128. The maximum absolute atomic E-state index is 14.0. The van der Waals surface area contributed by atoms with Crippen molar-refractivity contribution in [3.8, 4) is 0 Å². The fourth-order valence-corrected chi connectivity index (χ4v) is 5.45. The monoisotopic (exact) mass is 430 g/mol. The first-order chi connectivity index (χ1) is 15.5. The first-order valence-electron chi connectivity index (χ1n) is 11.7. The number of rotatable bonds is 3. The van der Waals surface area contributed by atoms with Crippen LogP contribution >= 0.6 is 0 Å². The van der Waals surface area contributed by atoms with Gasteiger partial charge in [-0.25, -0.2) is 4.68 Å². The van der Waals surface area contributed by atoms with Gasteiger partial charge in [0.05, 0.1) is 16.8 Å². The summed E-state index contributed by atoms with van der Waals surface area (Å²) in [7, 11) is 0. The molecule has 3 heterocycles. The Bertz CT molecular complexity index is 1240. The topological polar surface area (TPSA) is 58.4 Å². The molecule has 1 fully saturated rings. The highest BCUT2D eigenvalue weighted by Crippen LogP contribution is 2.42. The molecule has 3 aromatic rings. The van der Waals surface area contributed by atoms with Gasteiger partial charge < -0.3 is 9.80 Å². The van der Waals surface area contributed by atoms with Gasteiger partial charge in [-0.2, -0.15) is 5.10 Å². The fourth-order valence-electron chi connectivity index (χ4n) is 5.45. The van der Waals surface area contributed by atoms with Gasteiger partial charge >= 0.3 is 0 Å². The van der Waals surface area contributed by atoms with Gasteiger partial charge in [-0.15, -0.1) is 0 Å². The lowest BCUT2D eigenvalue weighted by atomic mass is 9.98. The van der Waals surface area contributed by atoms with Crippen molar-refractivity contribution in [2.75, 3.05) is 16.3 Å². The number of aryl methyl sites for hydroxylation is 2. The minimum atomic E-state index is -0.154. The van der Waals surface area contributed by atoms with E-state index in [1.54, 1.807) is 6.07 Å². The number of hydrogen-bond donors (Lipinski definition) is 0. The number of benzene rings is 2. The second kappa shape index (κ2) is 8.08. The van der Waals surface area contributed by atoms with E-state index in [0.717, 1.165) is 37.1 Å². The molecule has 0 spiro atoms. The second-order valence-electron chi connectivity index (χ2n) is 9.04. The van der Waals surface area contributed by atoms with E-state index in [-0.39, 0.29) is 11.5 Å². The van der Waals surface area contributed by atoms with Crippen molar-refractivity contribution in [1.82, 2.24) is 9.78 Å². The van der Waals surface area contributed by atoms with Crippen LogP contribution in [0, 0.1) is 0 Å². The van der Waals surface area contributed by atoms with Crippen LogP contribution in [-0.2, 0) is 13.0 Å². The zero-order valence-electron chi connectivity index (χ0n) is 19.0. The van der Waals surface area contributed by atoms with E-state index in [0.29, 0.717) is 41.6 Å². The van der Waals surface area contributed by atoms with Crippen molar-refractivity contribution >= 4 is 28.1 Å². The Labute approximate surface area is 188 Å². The van der Waals surface area contributed by atoms with Gasteiger partial charge in [0.25, 0.3) is 11.5 Å². The van der Waals surface area contributed by atoms with Gasteiger partial charge in [0.1, 0.15) is 0 Å². The van der Waals surface area contributed by atoms with E-state index in [4.69, 9.17) is 0 Å². The number of aromatic nitrogens is 2. The fraction of sp³-hybridized carbons (Fsp3) is 0.423. The summed E-state index contributed by atoms with van der Waals surface area (Å²) in [6.07, 6.45) is 4.20. The van der Waals surface area contributed by atoms with Crippen LogP contribution < -0.4 is 15.4 Å². The molecule has 0 aliphatic carbocycles. The van der Waals surface area contributed by atoms with E-state index in [1.807, 2.05) is 30.0 Å². The molecule has 0 bridgehead atoms. The Morgan fingerprint density at radius 1 is 1.03 bits per heavy atom.